The Morgan fingerprint density at radius 1 is 0.340 bits per heavy atom. The summed E-state index contributed by atoms with van der Waals surface area (Å²) >= 11 is 2.46. The van der Waals surface area contributed by atoms with Crippen LogP contribution >= 0.6 is 11.8 Å². The molecule has 0 aromatic rings. The third-order valence-corrected chi connectivity index (χ3v) is 22.3. The predicted octanol–water partition coefficient (Wildman–Crippen LogP) is 13.3. The van der Waals surface area contributed by atoms with E-state index in [1.54, 1.807) is 89.9 Å². The van der Waals surface area contributed by atoms with Crippen LogP contribution < -0.4 is 0 Å². The molecule has 9 saturated carbocycles. The lowest BCUT2D eigenvalue weighted by Gasteiger charge is -2.55. The zero-order chi connectivity index (χ0) is 34.9. The number of hydrogen-bond acceptors (Lipinski definition) is 3. The van der Waals surface area contributed by atoms with Crippen molar-refractivity contribution < 1.29 is 4.74 Å². The van der Waals surface area contributed by atoms with E-state index in [1.165, 1.54) is 109 Å². The molecule has 0 aromatic carbocycles. The van der Waals surface area contributed by atoms with Crippen LogP contribution in [0.25, 0.3) is 0 Å². The fraction of sp³-hybridized carbons (Fsp3) is 1.00. The Labute approximate surface area is 331 Å². The van der Waals surface area contributed by atoms with Crippen molar-refractivity contribution in [3.63, 3.8) is 0 Å². The molecule has 2 aliphatic heterocycles. The van der Waals surface area contributed by atoms with Gasteiger partial charge in [0.1, 0.15) is 0 Å². The number of rotatable bonds is 5. The highest BCUT2D eigenvalue weighted by molar-refractivity contribution is 8.00. The standard InChI is InChI=1S/C50H81NOS/c1-3-17-38-32(11-1)13-8-20-39(38)34-25-27-36(28-26-34)51(45-23-9-14-33-12-2-4-18-40(33)45)37-16-7-15-35(31-37)41-21-10-22-42-43-29-30-47-48(50(43)52-49(41)42)44-19-5-6-24-46(44)53-47/h32-50H,1-31H2. The van der Waals surface area contributed by atoms with Crippen LogP contribution in [0.15, 0.2) is 0 Å². The predicted molar refractivity (Wildman–Crippen MR) is 222 cm³/mol. The van der Waals surface area contributed by atoms with Gasteiger partial charge in [0.05, 0.1) is 12.2 Å². The van der Waals surface area contributed by atoms with E-state index in [9.17, 15) is 0 Å². The molecule has 0 bridgehead atoms. The first-order valence-electron chi connectivity index (χ1n) is 25.4. The lowest BCUT2D eigenvalue weighted by Crippen LogP contribution is -2.57. The monoisotopic (exact) mass is 744 g/mol. The van der Waals surface area contributed by atoms with Crippen molar-refractivity contribution in [2.75, 3.05) is 0 Å². The molecule has 17 unspecified atom stereocenters. The van der Waals surface area contributed by atoms with Crippen molar-refractivity contribution in [2.45, 2.75) is 240 Å². The second kappa shape index (κ2) is 15.8. The minimum absolute atomic E-state index is 0.620. The maximum atomic E-state index is 7.68. The molecule has 0 aromatic heterocycles. The van der Waals surface area contributed by atoms with Crippen LogP contribution in [0.3, 0.4) is 0 Å². The maximum Gasteiger partial charge on any atom is 0.0652 e. The van der Waals surface area contributed by atoms with Gasteiger partial charge in [0, 0.05) is 34.5 Å². The van der Waals surface area contributed by atoms with E-state index in [0.717, 1.165) is 99.6 Å². The van der Waals surface area contributed by atoms with Gasteiger partial charge in [0.2, 0.25) is 0 Å². The summed E-state index contributed by atoms with van der Waals surface area (Å²) in [5.74, 6) is 12.0. The highest BCUT2D eigenvalue weighted by Crippen LogP contribution is 2.62. The maximum absolute atomic E-state index is 7.68. The fourth-order valence-corrected chi connectivity index (χ4v) is 20.5. The van der Waals surface area contributed by atoms with E-state index in [0.29, 0.717) is 12.2 Å². The van der Waals surface area contributed by atoms with Crippen LogP contribution in [-0.4, -0.2) is 45.7 Å². The summed E-state index contributed by atoms with van der Waals surface area (Å²) in [7, 11) is 0. The molecule has 2 saturated heterocycles. The summed E-state index contributed by atoms with van der Waals surface area (Å²) in [6.07, 6.45) is 49.0. The van der Waals surface area contributed by atoms with E-state index >= 15 is 0 Å². The number of ether oxygens (including phenoxy) is 1. The van der Waals surface area contributed by atoms with Gasteiger partial charge in [-0.2, -0.15) is 11.8 Å². The second-order valence-corrected chi connectivity index (χ2v) is 23.9. The molecule has 0 spiro atoms. The molecule has 53 heavy (non-hydrogen) atoms. The molecule has 2 nitrogen and oxygen atoms in total. The van der Waals surface area contributed by atoms with E-state index in [1.807, 2.05) is 0 Å². The van der Waals surface area contributed by atoms with Crippen LogP contribution in [0.5, 0.6) is 0 Å². The van der Waals surface area contributed by atoms with Gasteiger partial charge in [0.15, 0.2) is 0 Å². The molecule has 11 rings (SSSR count). The Morgan fingerprint density at radius 3 is 1.75 bits per heavy atom. The van der Waals surface area contributed by atoms with Crippen molar-refractivity contribution in [3.05, 3.63) is 0 Å². The summed E-state index contributed by atoms with van der Waals surface area (Å²) < 4.78 is 7.68. The molecule has 0 amide bonds. The van der Waals surface area contributed by atoms with Gasteiger partial charge < -0.3 is 4.74 Å². The van der Waals surface area contributed by atoms with Gasteiger partial charge in [-0.05, 0) is 174 Å². The summed E-state index contributed by atoms with van der Waals surface area (Å²) in [6.45, 7) is 0. The summed E-state index contributed by atoms with van der Waals surface area (Å²) in [5.41, 5.74) is 0. The van der Waals surface area contributed by atoms with Crippen molar-refractivity contribution in [2.24, 2.45) is 71.0 Å². The van der Waals surface area contributed by atoms with Crippen LogP contribution in [0.4, 0.5) is 0 Å². The summed E-state index contributed by atoms with van der Waals surface area (Å²) in [5, 5.41) is 1.92. The van der Waals surface area contributed by atoms with Crippen LogP contribution in [0, 0.1) is 71.0 Å². The first kappa shape index (κ1) is 36.4. The van der Waals surface area contributed by atoms with E-state index < -0.39 is 0 Å². The summed E-state index contributed by atoms with van der Waals surface area (Å²) in [4.78, 5) is 3.44. The molecule has 17 atom stereocenters. The lowest BCUT2D eigenvalue weighted by atomic mass is 9.59. The number of fused-ring (bicyclic) bond motifs is 9. The van der Waals surface area contributed by atoms with Crippen molar-refractivity contribution in [1.29, 1.82) is 0 Å². The quantitative estimate of drug-likeness (QED) is 0.278. The Hall–Kier alpha value is 0.270. The average Bonchev–Trinajstić information content (AvgIpc) is 3.80. The first-order valence-corrected chi connectivity index (χ1v) is 26.3. The Kier molecular flexibility index (Phi) is 10.8. The van der Waals surface area contributed by atoms with Crippen molar-refractivity contribution in [1.82, 2.24) is 4.90 Å². The third kappa shape index (κ3) is 6.71. The number of hydrogen-bond donors (Lipinski definition) is 0. The van der Waals surface area contributed by atoms with E-state index in [2.05, 4.69) is 16.7 Å². The second-order valence-electron chi connectivity index (χ2n) is 22.4. The van der Waals surface area contributed by atoms with Gasteiger partial charge in [-0.3, -0.25) is 4.90 Å². The van der Waals surface area contributed by atoms with Gasteiger partial charge >= 0.3 is 0 Å². The SMILES string of the molecule is C1CCC2C(C1)CCCC2C1CCC(N(C2CCCC(C3CCCC4C5CCC6SC7CCCCC7C6C5OC34)C2)C2CCCC3CCCCC32)CC1. The smallest absolute Gasteiger partial charge is 0.0652 e. The molecule has 3 heteroatoms. The zero-order valence-corrected chi connectivity index (χ0v) is 35.0. The number of nitrogens with zero attached hydrogens (tertiary/aromatic N) is 1. The van der Waals surface area contributed by atoms with Crippen LogP contribution in [0.1, 0.15) is 199 Å². The minimum atomic E-state index is 0.620. The van der Waals surface area contributed by atoms with Crippen molar-refractivity contribution in [3.8, 4) is 0 Å². The Bertz CT molecular complexity index is 1230. The third-order valence-electron chi connectivity index (χ3n) is 20.4. The van der Waals surface area contributed by atoms with Gasteiger partial charge in [-0.25, -0.2) is 0 Å². The highest BCUT2D eigenvalue weighted by Gasteiger charge is 2.60. The molecule has 2 heterocycles. The zero-order valence-electron chi connectivity index (χ0n) is 34.2. The molecule has 11 fully saturated rings. The molecule has 298 valence electrons. The molecule has 0 N–H and O–H groups in total. The molecular formula is C50H81NOS. The largest absolute Gasteiger partial charge is 0.374 e. The van der Waals surface area contributed by atoms with Crippen LogP contribution in [0.2, 0.25) is 0 Å². The normalized spacial score (nSPS) is 54.2. The van der Waals surface area contributed by atoms with E-state index in [4.69, 9.17) is 4.74 Å². The van der Waals surface area contributed by atoms with Crippen molar-refractivity contribution >= 4 is 11.8 Å². The topological polar surface area (TPSA) is 12.5 Å². The average molecular weight is 744 g/mol. The molecular weight excluding hydrogens is 663 g/mol. The minimum Gasteiger partial charge on any atom is -0.374 e. The first-order chi connectivity index (χ1) is 26.3. The Balaban J connectivity index is 0.818. The lowest BCUT2D eigenvalue weighted by molar-refractivity contribution is -0.0854. The van der Waals surface area contributed by atoms with Gasteiger partial charge in [0.25, 0.3) is 0 Å². The van der Waals surface area contributed by atoms with Crippen LogP contribution in [-0.2, 0) is 4.74 Å². The molecule has 0 radical (unpaired) electrons. The van der Waals surface area contributed by atoms with Gasteiger partial charge in [-0.1, -0.05) is 89.9 Å². The summed E-state index contributed by atoms with van der Waals surface area (Å²) in [6, 6.07) is 2.69. The highest BCUT2D eigenvalue weighted by atomic mass is 32.2. The molecule has 9 aliphatic carbocycles. The molecule has 11 aliphatic rings. The van der Waals surface area contributed by atoms with Gasteiger partial charge in [-0.15, -0.1) is 0 Å². The number of thioether (sulfide) groups is 1. The van der Waals surface area contributed by atoms with E-state index in [-0.39, 0.29) is 0 Å². The fourth-order valence-electron chi connectivity index (χ4n) is 18.5. The Morgan fingerprint density at radius 2 is 0.906 bits per heavy atom.